The van der Waals surface area contributed by atoms with Crippen molar-refractivity contribution >= 4 is 0 Å². The molecule has 0 radical (unpaired) electrons. The molecule has 0 aromatic rings. The summed E-state index contributed by atoms with van der Waals surface area (Å²) in [4.78, 5) is 5.42. The largest absolute Gasteiger partial charge is 0.318 e. The predicted molar refractivity (Wildman–Crippen MR) is 102 cm³/mol. The minimum atomic E-state index is 0.963. The lowest BCUT2D eigenvalue weighted by Gasteiger charge is -2.38. The minimum absolute atomic E-state index is 0.963. The second-order valence-corrected chi connectivity index (χ2v) is 8.56. The minimum Gasteiger partial charge on any atom is -0.318 e. The zero-order chi connectivity index (χ0) is 16.6. The van der Waals surface area contributed by atoms with Crippen LogP contribution in [0.1, 0.15) is 44.9 Å². The highest BCUT2D eigenvalue weighted by Crippen LogP contribution is 2.30. The van der Waals surface area contributed by atoms with Crippen LogP contribution in [0.15, 0.2) is 0 Å². The molecule has 0 saturated carbocycles. The van der Waals surface area contributed by atoms with Crippen molar-refractivity contribution in [3.05, 3.63) is 0 Å². The van der Waals surface area contributed by atoms with Crippen LogP contribution in [0.2, 0.25) is 0 Å². The van der Waals surface area contributed by atoms with Gasteiger partial charge in [-0.05, 0) is 109 Å². The van der Waals surface area contributed by atoms with Crippen LogP contribution in [0.25, 0.3) is 0 Å². The maximum atomic E-state index is 3.49. The van der Waals surface area contributed by atoms with E-state index in [0.29, 0.717) is 0 Å². The van der Waals surface area contributed by atoms with Gasteiger partial charge < -0.3 is 20.4 Å². The summed E-state index contributed by atoms with van der Waals surface area (Å²) in [7, 11) is 2.06. The van der Waals surface area contributed by atoms with Crippen LogP contribution in [0.3, 0.4) is 0 Å². The van der Waals surface area contributed by atoms with Crippen molar-refractivity contribution in [3.8, 4) is 0 Å². The number of hydrogen-bond acceptors (Lipinski definition) is 4. The SMILES string of the molecule is CNCCN1CCC(CC2CCN(CC3CCNCC3)CC2)CC1. The Hall–Kier alpha value is -0.160. The fraction of sp³-hybridized carbons (Fsp3) is 1.00. The average Bonchev–Trinajstić information content (AvgIpc) is 2.64. The lowest BCUT2D eigenvalue weighted by atomic mass is 9.82. The third-order valence-electron chi connectivity index (χ3n) is 6.73. The summed E-state index contributed by atoms with van der Waals surface area (Å²) in [6, 6.07) is 0. The van der Waals surface area contributed by atoms with Crippen LogP contribution in [-0.2, 0) is 0 Å². The third kappa shape index (κ3) is 5.98. The highest BCUT2D eigenvalue weighted by molar-refractivity contribution is 4.80. The lowest BCUT2D eigenvalue weighted by Crippen LogP contribution is -2.41. The first-order valence-electron chi connectivity index (χ1n) is 10.6. The molecule has 3 fully saturated rings. The van der Waals surface area contributed by atoms with E-state index < -0.39 is 0 Å². The van der Waals surface area contributed by atoms with Crippen LogP contribution in [-0.4, -0.2) is 75.8 Å². The van der Waals surface area contributed by atoms with Crippen molar-refractivity contribution in [1.82, 2.24) is 20.4 Å². The summed E-state index contributed by atoms with van der Waals surface area (Å²) in [5, 5.41) is 6.77. The maximum absolute atomic E-state index is 3.49. The van der Waals surface area contributed by atoms with Crippen molar-refractivity contribution in [2.24, 2.45) is 17.8 Å². The van der Waals surface area contributed by atoms with Crippen molar-refractivity contribution in [2.45, 2.75) is 44.9 Å². The molecule has 3 heterocycles. The molecule has 0 atom stereocenters. The van der Waals surface area contributed by atoms with Crippen LogP contribution >= 0.6 is 0 Å². The van der Waals surface area contributed by atoms with Gasteiger partial charge in [0.15, 0.2) is 0 Å². The Morgan fingerprint density at radius 2 is 1.38 bits per heavy atom. The molecule has 2 N–H and O–H groups in total. The Balaban J connectivity index is 1.28. The van der Waals surface area contributed by atoms with E-state index >= 15 is 0 Å². The van der Waals surface area contributed by atoms with E-state index in [2.05, 4.69) is 27.5 Å². The van der Waals surface area contributed by atoms with Gasteiger partial charge in [0, 0.05) is 19.6 Å². The highest BCUT2D eigenvalue weighted by atomic mass is 15.1. The maximum Gasteiger partial charge on any atom is 0.0107 e. The number of likely N-dealkylation sites (tertiary alicyclic amines) is 2. The summed E-state index contributed by atoms with van der Waals surface area (Å²) in [6.45, 7) is 11.6. The van der Waals surface area contributed by atoms with Crippen LogP contribution in [0, 0.1) is 17.8 Å². The van der Waals surface area contributed by atoms with Crippen LogP contribution < -0.4 is 10.6 Å². The zero-order valence-corrected chi connectivity index (χ0v) is 15.9. The average molecular weight is 337 g/mol. The molecule has 0 amide bonds. The second-order valence-electron chi connectivity index (χ2n) is 8.56. The molecule has 0 unspecified atom stereocenters. The molecule has 0 aromatic carbocycles. The highest BCUT2D eigenvalue weighted by Gasteiger charge is 2.26. The Morgan fingerprint density at radius 3 is 1.96 bits per heavy atom. The first kappa shape index (κ1) is 18.6. The van der Waals surface area contributed by atoms with Gasteiger partial charge in [-0.3, -0.25) is 0 Å². The normalized spacial score (nSPS) is 26.9. The Kier molecular flexibility index (Phi) is 7.84. The summed E-state index contributed by atoms with van der Waals surface area (Å²) in [5.74, 6) is 2.99. The zero-order valence-electron chi connectivity index (χ0n) is 15.9. The van der Waals surface area contributed by atoms with E-state index in [1.807, 2.05) is 0 Å². The molecule has 0 aliphatic carbocycles. The summed E-state index contributed by atoms with van der Waals surface area (Å²) < 4.78 is 0. The van der Waals surface area contributed by atoms with Gasteiger partial charge in [-0.2, -0.15) is 0 Å². The monoisotopic (exact) mass is 336 g/mol. The molecule has 3 rings (SSSR count). The predicted octanol–water partition coefficient (Wildman–Crippen LogP) is 2.02. The Bertz CT molecular complexity index is 327. The van der Waals surface area contributed by atoms with Gasteiger partial charge in [-0.1, -0.05) is 0 Å². The molecule has 4 heteroatoms. The second kappa shape index (κ2) is 10.1. The van der Waals surface area contributed by atoms with Gasteiger partial charge in [0.1, 0.15) is 0 Å². The van der Waals surface area contributed by atoms with Crippen LogP contribution in [0.4, 0.5) is 0 Å². The molecule has 0 spiro atoms. The van der Waals surface area contributed by atoms with Gasteiger partial charge in [0.05, 0.1) is 0 Å². The summed E-state index contributed by atoms with van der Waals surface area (Å²) >= 11 is 0. The lowest BCUT2D eigenvalue weighted by molar-refractivity contribution is 0.119. The molecule has 3 aliphatic heterocycles. The fourth-order valence-electron chi connectivity index (χ4n) is 5.02. The van der Waals surface area contributed by atoms with E-state index in [9.17, 15) is 0 Å². The van der Waals surface area contributed by atoms with Crippen molar-refractivity contribution in [3.63, 3.8) is 0 Å². The van der Waals surface area contributed by atoms with E-state index in [-0.39, 0.29) is 0 Å². The summed E-state index contributed by atoms with van der Waals surface area (Å²) in [5.41, 5.74) is 0. The molecule has 4 nitrogen and oxygen atoms in total. The first-order valence-corrected chi connectivity index (χ1v) is 10.6. The van der Waals surface area contributed by atoms with E-state index in [4.69, 9.17) is 0 Å². The molecule has 0 bridgehead atoms. The van der Waals surface area contributed by atoms with Crippen molar-refractivity contribution < 1.29 is 0 Å². The first-order chi connectivity index (χ1) is 11.8. The van der Waals surface area contributed by atoms with Crippen molar-refractivity contribution in [1.29, 1.82) is 0 Å². The molecule has 3 aliphatic rings. The molecule has 3 saturated heterocycles. The third-order valence-corrected chi connectivity index (χ3v) is 6.73. The van der Waals surface area contributed by atoms with Gasteiger partial charge in [0.2, 0.25) is 0 Å². The van der Waals surface area contributed by atoms with Crippen molar-refractivity contribution in [2.75, 3.05) is 66.0 Å². The quantitative estimate of drug-likeness (QED) is 0.745. The summed E-state index contributed by atoms with van der Waals surface area (Å²) in [6.07, 6.45) is 10.1. The number of hydrogen-bond donors (Lipinski definition) is 2. The fourth-order valence-corrected chi connectivity index (χ4v) is 5.02. The molecule has 0 aromatic heterocycles. The Morgan fingerprint density at radius 1 is 0.792 bits per heavy atom. The van der Waals surface area contributed by atoms with Gasteiger partial charge in [-0.25, -0.2) is 0 Å². The Labute approximate surface area is 149 Å². The van der Waals surface area contributed by atoms with Crippen LogP contribution in [0.5, 0.6) is 0 Å². The molecule has 140 valence electrons. The molecular weight excluding hydrogens is 296 g/mol. The number of nitrogens with zero attached hydrogens (tertiary/aromatic N) is 2. The van der Waals surface area contributed by atoms with E-state index in [0.717, 1.165) is 24.3 Å². The molecular formula is C20H40N4. The smallest absolute Gasteiger partial charge is 0.0107 e. The standard InChI is InChI=1S/C20H40N4/c1-21-10-15-23-11-4-18(5-12-23)16-19-6-13-24(14-7-19)17-20-2-8-22-9-3-20/h18-22H,2-17H2,1H3. The van der Waals surface area contributed by atoms with Gasteiger partial charge in [0.25, 0.3) is 0 Å². The molecule has 24 heavy (non-hydrogen) atoms. The number of rotatable bonds is 7. The van der Waals surface area contributed by atoms with E-state index in [1.165, 1.54) is 97.3 Å². The van der Waals surface area contributed by atoms with Gasteiger partial charge >= 0.3 is 0 Å². The number of piperidine rings is 3. The van der Waals surface area contributed by atoms with Gasteiger partial charge in [-0.15, -0.1) is 0 Å². The number of likely N-dealkylation sites (N-methyl/N-ethyl adjacent to an activating group) is 1. The van der Waals surface area contributed by atoms with E-state index in [1.54, 1.807) is 0 Å². The topological polar surface area (TPSA) is 30.5 Å². The number of nitrogens with one attached hydrogen (secondary N) is 2.